The van der Waals surface area contributed by atoms with Gasteiger partial charge in [-0.25, -0.2) is 8.78 Å². The Kier molecular flexibility index (Phi) is 3.79. The third kappa shape index (κ3) is 2.47. The summed E-state index contributed by atoms with van der Waals surface area (Å²) >= 11 is 6.29. The van der Waals surface area contributed by atoms with Gasteiger partial charge in [0.1, 0.15) is 0 Å². The summed E-state index contributed by atoms with van der Waals surface area (Å²) < 4.78 is 25.5. The summed E-state index contributed by atoms with van der Waals surface area (Å²) in [6.07, 6.45) is -2.48. The van der Waals surface area contributed by atoms with Crippen molar-refractivity contribution in [2.45, 2.75) is 18.7 Å². The highest BCUT2D eigenvalue weighted by Crippen LogP contribution is 2.27. The van der Waals surface area contributed by atoms with E-state index in [-0.39, 0.29) is 5.56 Å². The van der Waals surface area contributed by atoms with E-state index in [1.165, 1.54) is 6.07 Å². The maximum Gasteiger partial charge on any atom is 0.265 e. The van der Waals surface area contributed by atoms with Crippen molar-refractivity contribution < 1.29 is 8.78 Å². The molecule has 1 rings (SSSR count). The van der Waals surface area contributed by atoms with E-state index >= 15 is 0 Å². The van der Waals surface area contributed by atoms with Crippen LogP contribution in [0.3, 0.4) is 0 Å². The van der Waals surface area contributed by atoms with E-state index in [0.717, 1.165) is 5.69 Å². The van der Waals surface area contributed by atoms with Gasteiger partial charge in [-0.2, -0.15) is 0 Å². The highest BCUT2D eigenvalue weighted by molar-refractivity contribution is 9.10. The van der Waals surface area contributed by atoms with Gasteiger partial charge in [-0.05, 0) is 28.9 Å². The van der Waals surface area contributed by atoms with Crippen molar-refractivity contribution in [3.63, 3.8) is 0 Å². The molecule has 13 heavy (non-hydrogen) atoms. The van der Waals surface area contributed by atoms with Gasteiger partial charge in [0.25, 0.3) is 6.43 Å². The molecule has 0 aliphatic rings. The van der Waals surface area contributed by atoms with E-state index in [1.54, 1.807) is 6.92 Å². The van der Waals surface area contributed by atoms with Gasteiger partial charge < -0.3 is 0 Å². The van der Waals surface area contributed by atoms with E-state index in [0.29, 0.717) is 15.5 Å². The van der Waals surface area contributed by atoms with Crippen molar-refractivity contribution >= 4 is 31.9 Å². The Labute approximate surface area is 91.8 Å². The van der Waals surface area contributed by atoms with Crippen molar-refractivity contribution in [2.75, 3.05) is 0 Å². The van der Waals surface area contributed by atoms with E-state index in [1.807, 2.05) is 0 Å². The number of halogens is 4. The molecular weight excluding hydrogens is 308 g/mol. The highest BCUT2D eigenvalue weighted by Gasteiger charge is 2.15. The molecule has 0 aromatic carbocycles. The lowest BCUT2D eigenvalue weighted by Gasteiger charge is -2.07. The first-order chi connectivity index (χ1) is 6.06. The topological polar surface area (TPSA) is 12.9 Å². The van der Waals surface area contributed by atoms with Gasteiger partial charge in [0.15, 0.2) is 0 Å². The first kappa shape index (κ1) is 11.0. The second kappa shape index (κ2) is 4.46. The first-order valence-electron chi connectivity index (χ1n) is 3.56. The second-order valence-electron chi connectivity index (χ2n) is 2.53. The molecule has 0 N–H and O–H groups in total. The minimum Gasteiger partial charge on any atom is -0.256 e. The average Bonchev–Trinajstić information content (AvgIpc) is 2.08. The monoisotopic (exact) mass is 313 g/mol. The van der Waals surface area contributed by atoms with Crippen LogP contribution in [0.15, 0.2) is 10.5 Å². The van der Waals surface area contributed by atoms with E-state index in [9.17, 15) is 8.78 Å². The number of hydrogen-bond acceptors (Lipinski definition) is 1. The summed E-state index contributed by atoms with van der Waals surface area (Å²) in [4.78, 5) is 4.04. The fourth-order valence-corrected chi connectivity index (χ4v) is 1.73. The lowest BCUT2D eigenvalue weighted by atomic mass is 10.2. The third-order valence-corrected chi connectivity index (χ3v) is 2.96. The summed E-state index contributed by atoms with van der Waals surface area (Å²) in [7, 11) is 0. The van der Waals surface area contributed by atoms with Crippen LogP contribution < -0.4 is 0 Å². The van der Waals surface area contributed by atoms with Crippen molar-refractivity contribution in [1.29, 1.82) is 0 Å². The number of alkyl halides is 3. The number of nitrogens with zero attached hydrogens (tertiary/aromatic N) is 1. The van der Waals surface area contributed by atoms with Crippen LogP contribution in [0.1, 0.15) is 23.4 Å². The summed E-state index contributed by atoms with van der Waals surface area (Å²) in [5, 5.41) is 0.348. The van der Waals surface area contributed by atoms with Crippen LogP contribution in [0.4, 0.5) is 8.78 Å². The van der Waals surface area contributed by atoms with Gasteiger partial charge in [-0.3, -0.25) is 4.98 Å². The molecule has 0 unspecified atom stereocenters. The van der Waals surface area contributed by atoms with Crippen LogP contribution in [-0.4, -0.2) is 4.98 Å². The predicted octanol–water partition coefficient (Wildman–Crippen LogP) is 3.99. The molecule has 0 aliphatic heterocycles. The lowest BCUT2D eigenvalue weighted by Crippen LogP contribution is -1.98. The quantitative estimate of drug-likeness (QED) is 0.752. The third-order valence-electron chi connectivity index (χ3n) is 1.63. The zero-order chi connectivity index (χ0) is 10.0. The fourth-order valence-electron chi connectivity index (χ4n) is 0.941. The molecule has 1 aromatic rings. The van der Waals surface area contributed by atoms with Gasteiger partial charge in [-0.1, -0.05) is 15.9 Å². The second-order valence-corrected chi connectivity index (χ2v) is 3.94. The van der Waals surface area contributed by atoms with Crippen molar-refractivity contribution in [2.24, 2.45) is 0 Å². The molecule has 0 aliphatic carbocycles. The molecule has 0 saturated heterocycles. The van der Waals surface area contributed by atoms with Crippen molar-refractivity contribution in [1.82, 2.24) is 4.98 Å². The molecule has 0 radical (unpaired) electrons. The Hall–Kier alpha value is -0.0300. The van der Waals surface area contributed by atoms with Crippen LogP contribution in [0.5, 0.6) is 0 Å². The molecule has 5 heteroatoms. The molecule has 0 bridgehead atoms. The standard InChI is InChI=1S/C8H7Br2F2N/c1-4-6(10)2-5(8(11)12)7(3-9)13-4/h2,8H,3H2,1H3. The predicted molar refractivity (Wildman–Crippen MR) is 54.3 cm³/mol. The maximum absolute atomic E-state index is 12.4. The van der Waals surface area contributed by atoms with Gasteiger partial charge in [0.05, 0.1) is 11.4 Å². The zero-order valence-corrected chi connectivity index (χ0v) is 9.99. The number of hydrogen-bond donors (Lipinski definition) is 0. The van der Waals surface area contributed by atoms with Crippen LogP contribution in [0, 0.1) is 6.92 Å². The fraction of sp³-hybridized carbons (Fsp3) is 0.375. The van der Waals surface area contributed by atoms with Crippen molar-refractivity contribution in [3.8, 4) is 0 Å². The molecule has 1 aromatic heterocycles. The molecular formula is C8H7Br2F2N. The molecule has 0 amide bonds. The van der Waals surface area contributed by atoms with Crippen LogP contribution in [0.2, 0.25) is 0 Å². The maximum atomic E-state index is 12.4. The van der Waals surface area contributed by atoms with Gasteiger partial charge in [-0.15, -0.1) is 0 Å². The molecule has 0 fully saturated rings. The van der Waals surface area contributed by atoms with E-state index < -0.39 is 6.43 Å². The lowest BCUT2D eigenvalue weighted by molar-refractivity contribution is 0.150. The number of rotatable bonds is 2. The van der Waals surface area contributed by atoms with E-state index in [2.05, 4.69) is 36.8 Å². The smallest absolute Gasteiger partial charge is 0.256 e. The summed E-state index contributed by atoms with van der Waals surface area (Å²) in [5.74, 6) is 0. The molecule has 0 atom stereocenters. The molecule has 1 heterocycles. The Balaban J connectivity index is 3.25. The number of aryl methyl sites for hydroxylation is 1. The van der Waals surface area contributed by atoms with E-state index in [4.69, 9.17) is 0 Å². The Bertz CT molecular complexity index is 315. The minimum atomic E-state index is -2.48. The first-order valence-corrected chi connectivity index (χ1v) is 5.47. The summed E-state index contributed by atoms with van der Waals surface area (Å²) in [5.41, 5.74) is 1.10. The molecule has 72 valence electrons. The largest absolute Gasteiger partial charge is 0.265 e. The van der Waals surface area contributed by atoms with Crippen LogP contribution in [-0.2, 0) is 5.33 Å². The van der Waals surface area contributed by atoms with Gasteiger partial charge >= 0.3 is 0 Å². The average molecular weight is 315 g/mol. The zero-order valence-electron chi connectivity index (χ0n) is 6.82. The molecule has 1 nitrogen and oxygen atoms in total. The minimum absolute atomic E-state index is 0.0191. The number of aromatic nitrogens is 1. The molecule has 0 saturated carbocycles. The molecule has 0 spiro atoms. The Morgan fingerprint density at radius 1 is 1.54 bits per heavy atom. The highest BCUT2D eigenvalue weighted by atomic mass is 79.9. The Morgan fingerprint density at radius 2 is 2.15 bits per heavy atom. The van der Waals surface area contributed by atoms with Crippen molar-refractivity contribution in [3.05, 3.63) is 27.5 Å². The number of pyridine rings is 1. The van der Waals surface area contributed by atoms with Crippen LogP contribution >= 0.6 is 31.9 Å². The normalized spacial score (nSPS) is 10.9. The summed E-state index contributed by atoms with van der Waals surface area (Å²) in [6.45, 7) is 1.77. The van der Waals surface area contributed by atoms with Crippen LogP contribution in [0.25, 0.3) is 0 Å². The Morgan fingerprint density at radius 3 is 2.62 bits per heavy atom. The van der Waals surface area contributed by atoms with Gasteiger partial charge in [0, 0.05) is 15.4 Å². The summed E-state index contributed by atoms with van der Waals surface area (Å²) in [6, 6.07) is 1.42. The SMILES string of the molecule is Cc1nc(CBr)c(C(F)F)cc1Br. The van der Waals surface area contributed by atoms with Gasteiger partial charge in [0.2, 0.25) is 0 Å².